The number of rotatable bonds is 10. The standard InChI is InChI=1S/C34H39FN8O3/c1-4-43(22(2)3)33(44)26-11-24(35)5-6-29(26)46-31-16-36-21-38-32(31)42-19-34(20-42)12-25(13-34)45-30-7-9-37-28-8-10-41(18-27(28)30)17-23-14-39-40-15-23/h5-7,9,11,14-16,21-22,25H,4,8,10,12-13,17-20H2,1-3H3,(H,39,40). The van der Waals surface area contributed by atoms with E-state index in [0.717, 1.165) is 63.4 Å². The van der Waals surface area contributed by atoms with Crippen LogP contribution in [0.25, 0.3) is 0 Å². The summed E-state index contributed by atoms with van der Waals surface area (Å²) in [7, 11) is 0. The number of pyridine rings is 1. The molecular formula is C34H39FN8O3. The van der Waals surface area contributed by atoms with Crippen LogP contribution in [0.2, 0.25) is 0 Å². The van der Waals surface area contributed by atoms with Crippen molar-refractivity contribution >= 4 is 11.7 Å². The molecule has 11 nitrogen and oxygen atoms in total. The minimum Gasteiger partial charge on any atom is -0.490 e. The summed E-state index contributed by atoms with van der Waals surface area (Å²) < 4.78 is 27.1. The van der Waals surface area contributed by atoms with Crippen LogP contribution in [0.15, 0.2) is 55.4 Å². The molecule has 0 radical (unpaired) electrons. The predicted molar refractivity (Wildman–Crippen MR) is 169 cm³/mol. The summed E-state index contributed by atoms with van der Waals surface area (Å²) in [4.78, 5) is 33.0. The van der Waals surface area contributed by atoms with Gasteiger partial charge >= 0.3 is 0 Å². The third-order valence-electron chi connectivity index (χ3n) is 9.35. The van der Waals surface area contributed by atoms with E-state index in [-0.39, 0.29) is 34.8 Å². The smallest absolute Gasteiger partial charge is 0.257 e. The topological polar surface area (TPSA) is 113 Å². The SMILES string of the molecule is CCN(C(=O)c1cc(F)ccc1Oc1cncnc1N1CC2(CC(Oc3ccnc4c3CN(Cc3cn[nH]c3)CC4)C2)C1)C(C)C. The molecule has 46 heavy (non-hydrogen) atoms. The number of hydrogen-bond donors (Lipinski definition) is 1. The average molecular weight is 627 g/mol. The summed E-state index contributed by atoms with van der Waals surface area (Å²) in [5, 5.41) is 6.97. The van der Waals surface area contributed by atoms with Crippen LogP contribution in [0.1, 0.15) is 60.8 Å². The van der Waals surface area contributed by atoms with Gasteiger partial charge in [0.05, 0.1) is 18.0 Å². The molecule has 3 aliphatic rings. The first-order valence-corrected chi connectivity index (χ1v) is 16.0. The van der Waals surface area contributed by atoms with E-state index >= 15 is 0 Å². The van der Waals surface area contributed by atoms with Gasteiger partial charge in [0.2, 0.25) is 0 Å². The number of anilines is 1. The first-order valence-electron chi connectivity index (χ1n) is 16.0. The molecule has 3 aromatic heterocycles. The van der Waals surface area contributed by atoms with Crippen molar-refractivity contribution in [2.75, 3.05) is 31.1 Å². The normalized spacial score (nSPS) is 17.4. The Hall–Kier alpha value is -4.58. The maximum absolute atomic E-state index is 14.3. The lowest BCUT2D eigenvalue weighted by atomic mass is 9.61. The number of nitrogens with one attached hydrogen (secondary N) is 1. The summed E-state index contributed by atoms with van der Waals surface area (Å²) in [6.07, 6.45) is 11.7. The lowest BCUT2D eigenvalue weighted by Gasteiger charge is -2.59. The van der Waals surface area contributed by atoms with Crippen LogP contribution >= 0.6 is 0 Å². The summed E-state index contributed by atoms with van der Waals surface area (Å²) in [5.41, 5.74) is 3.81. The van der Waals surface area contributed by atoms with Crippen molar-refractivity contribution in [2.45, 2.75) is 65.3 Å². The predicted octanol–water partition coefficient (Wildman–Crippen LogP) is 5.00. The molecule has 0 unspecified atom stereocenters. The third-order valence-corrected chi connectivity index (χ3v) is 9.35. The van der Waals surface area contributed by atoms with E-state index in [4.69, 9.17) is 9.47 Å². The molecule has 1 aliphatic carbocycles. The fraction of sp³-hybridized carbons (Fsp3) is 0.441. The number of amides is 1. The Morgan fingerprint density at radius 3 is 2.76 bits per heavy atom. The maximum atomic E-state index is 14.3. The molecule has 0 bridgehead atoms. The molecule has 240 valence electrons. The van der Waals surface area contributed by atoms with E-state index in [1.54, 1.807) is 11.1 Å². The minimum absolute atomic E-state index is 0.0388. The Bertz CT molecular complexity index is 1700. The van der Waals surface area contributed by atoms with Gasteiger partial charge in [0.15, 0.2) is 11.6 Å². The molecule has 1 amide bonds. The van der Waals surface area contributed by atoms with Gasteiger partial charge in [-0.1, -0.05) is 0 Å². The lowest BCUT2D eigenvalue weighted by molar-refractivity contribution is -0.0353. The molecule has 0 atom stereocenters. The maximum Gasteiger partial charge on any atom is 0.257 e. The second-order valence-electron chi connectivity index (χ2n) is 12.9. The number of ether oxygens (including phenoxy) is 2. The van der Waals surface area contributed by atoms with Crippen molar-refractivity contribution in [3.8, 4) is 17.2 Å². The summed E-state index contributed by atoms with van der Waals surface area (Å²) in [6, 6.07) is 5.98. The van der Waals surface area contributed by atoms with E-state index in [1.165, 1.54) is 35.7 Å². The lowest BCUT2D eigenvalue weighted by Crippen LogP contribution is -2.65. The molecule has 1 N–H and O–H groups in total. The second kappa shape index (κ2) is 12.3. The summed E-state index contributed by atoms with van der Waals surface area (Å²) in [6.45, 7) is 10.5. The van der Waals surface area contributed by atoms with Gasteiger partial charge in [-0.3, -0.25) is 19.8 Å². The monoisotopic (exact) mass is 626 g/mol. The van der Waals surface area contributed by atoms with Crippen molar-refractivity contribution in [2.24, 2.45) is 5.41 Å². The molecule has 1 saturated heterocycles. The van der Waals surface area contributed by atoms with E-state index < -0.39 is 5.82 Å². The van der Waals surface area contributed by atoms with Gasteiger partial charge in [-0.25, -0.2) is 14.4 Å². The average Bonchev–Trinajstić information content (AvgIpc) is 3.52. The van der Waals surface area contributed by atoms with Gasteiger partial charge in [0.25, 0.3) is 5.91 Å². The molecule has 7 rings (SSSR count). The second-order valence-corrected chi connectivity index (χ2v) is 12.9. The fourth-order valence-corrected chi connectivity index (χ4v) is 7.07. The molecule has 1 aromatic carbocycles. The number of carbonyl (C=O) groups is 1. The Balaban J connectivity index is 0.993. The third kappa shape index (κ3) is 5.89. The van der Waals surface area contributed by atoms with Gasteiger partial charge in [0.1, 0.15) is 29.7 Å². The zero-order valence-corrected chi connectivity index (χ0v) is 26.4. The quantitative estimate of drug-likeness (QED) is 0.260. The van der Waals surface area contributed by atoms with Crippen LogP contribution in [0, 0.1) is 11.2 Å². The van der Waals surface area contributed by atoms with Gasteiger partial charge in [0, 0.05) is 86.4 Å². The number of aromatic nitrogens is 5. The Morgan fingerprint density at radius 1 is 1.15 bits per heavy atom. The molecule has 2 fully saturated rings. The van der Waals surface area contributed by atoms with Crippen molar-refractivity contribution in [1.29, 1.82) is 0 Å². The van der Waals surface area contributed by atoms with Gasteiger partial charge in [-0.05, 0) is 57.9 Å². The number of halogens is 1. The van der Waals surface area contributed by atoms with Crippen molar-refractivity contribution < 1.29 is 18.7 Å². The molecule has 1 spiro atoms. The first-order chi connectivity index (χ1) is 22.3. The molecule has 12 heteroatoms. The number of benzene rings is 1. The van der Waals surface area contributed by atoms with Gasteiger partial charge in [-0.15, -0.1) is 0 Å². The van der Waals surface area contributed by atoms with Crippen LogP contribution in [-0.2, 0) is 19.5 Å². The highest BCUT2D eigenvalue weighted by Crippen LogP contribution is 2.52. The summed E-state index contributed by atoms with van der Waals surface area (Å²) >= 11 is 0. The van der Waals surface area contributed by atoms with Gasteiger partial charge in [-0.2, -0.15) is 5.10 Å². The minimum atomic E-state index is -0.495. The van der Waals surface area contributed by atoms with Gasteiger partial charge < -0.3 is 19.3 Å². The van der Waals surface area contributed by atoms with Crippen LogP contribution in [0.4, 0.5) is 10.2 Å². The number of nitrogens with zero attached hydrogens (tertiary/aromatic N) is 7. The molecule has 1 saturated carbocycles. The van der Waals surface area contributed by atoms with E-state index in [1.807, 2.05) is 45.4 Å². The largest absolute Gasteiger partial charge is 0.490 e. The molecule has 4 aromatic rings. The number of hydrogen-bond acceptors (Lipinski definition) is 9. The molecule has 5 heterocycles. The number of aromatic amines is 1. The fourth-order valence-electron chi connectivity index (χ4n) is 7.07. The first kappa shape index (κ1) is 30.1. The number of H-pyrrole nitrogens is 1. The molecule has 2 aliphatic heterocycles. The highest BCUT2D eigenvalue weighted by atomic mass is 19.1. The van der Waals surface area contributed by atoms with E-state index in [2.05, 4.69) is 34.9 Å². The summed E-state index contributed by atoms with van der Waals surface area (Å²) in [5.74, 6) is 1.53. The Morgan fingerprint density at radius 2 is 2.00 bits per heavy atom. The van der Waals surface area contributed by atoms with Crippen LogP contribution < -0.4 is 14.4 Å². The zero-order valence-electron chi connectivity index (χ0n) is 26.4. The molecular weight excluding hydrogens is 587 g/mol. The van der Waals surface area contributed by atoms with Crippen molar-refractivity contribution in [3.63, 3.8) is 0 Å². The van der Waals surface area contributed by atoms with E-state index in [9.17, 15) is 9.18 Å². The number of carbonyl (C=O) groups excluding carboxylic acids is 1. The zero-order chi connectivity index (χ0) is 31.8. The highest BCUT2D eigenvalue weighted by molar-refractivity contribution is 5.97. The van der Waals surface area contributed by atoms with Crippen LogP contribution in [0.5, 0.6) is 17.2 Å². The van der Waals surface area contributed by atoms with Crippen LogP contribution in [0.3, 0.4) is 0 Å². The number of fused-ring (bicyclic) bond motifs is 1. The Labute approximate surface area is 267 Å². The highest BCUT2D eigenvalue weighted by Gasteiger charge is 2.54. The van der Waals surface area contributed by atoms with E-state index in [0.29, 0.717) is 18.1 Å². The van der Waals surface area contributed by atoms with Crippen molar-refractivity contribution in [3.05, 3.63) is 83.6 Å². The van der Waals surface area contributed by atoms with Crippen molar-refractivity contribution in [1.82, 2.24) is 34.9 Å². The van der Waals surface area contributed by atoms with Crippen LogP contribution in [-0.4, -0.2) is 79.2 Å². The Kier molecular flexibility index (Phi) is 8.06.